The van der Waals surface area contributed by atoms with E-state index in [4.69, 9.17) is 9.47 Å². The normalized spacial score (nSPS) is 23.2. The maximum absolute atomic E-state index is 13.4. The largest absolute Gasteiger partial charge is 0.456 e. The number of aryl methyl sites for hydroxylation is 1. The van der Waals surface area contributed by atoms with Crippen LogP contribution in [0.5, 0.6) is 11.5 Å². The van der Waals surface area contributed by atoms with Crippen molar-refractivity contribution >= 4 is 23.0 Å². The van der Waals surface area contributed by atoms with E-state index in [9.17, 15) is 4.79 Å². The summed E-state index contributed by atoms with van der Waals surface area (Å²) >= 11 is 0. The van der Waals surface area contributed by atoms with Gasteiger partial charge in [-0.15, -0.1) is 0 Å². The third kappa shape index (κ3) is 3.86. The predicted molar refractivity (Wildman–Crippen MR) is 168 cm³/mol. The summed E-state index contributed by atoms with van der Waals surface area (Å²) in [4.78, 5) is 15.9. The molecule has 1 saturated heterocycles. The Balaban J connectivity index is 1.38. The molecule has 4 aromatic rings. The lowest BCUT2D eigenvalue weighted by Crippen LogP contribution is -2.35. The molecule has 42 heavy (non-hydrogen) atoms. The summed E-state index contributed by atoms with van der Waals surface area (Å²) in [6.45, 7) is 12.5. The fourth-order valence-corrected chi connectivity index (χ4v) is 7.31. The number of anilines is 3. The molecule has 5 nitrogen and oxygen atoms in total. The highest BCUT2D eigenvalue weighted by Gasteiger charge is 2.54. The lowest BCUT2D eigenvalue weighted by atomic mass is 9.75. The third-order valence-corrected chi connectivity index (χ3v) is 10.1. The first-order valence-corrected chi connectivity index (χ1v) is 15.1. The van der Waals surface area contributed by atoms with Gasteiger partial charge in [0.25, 0.3) is 0 Å². The Labute approximate surface area is 248 Å². The van der Waals surface area contributed by atoms with Crippen molar-refractivity contribution in [1.29, 1.82) is 0 Å². The van der Waals surface area contributed by atoms with E-state index in [2.05, 4.69) is 75.2 Å². The molecule has 1 spiro atoms. The maximum Gasteiger partial charge on any atom is 0.340 e. The van der Waals surface area contributed by atoms with E-state index >= 15 is 0 Å². The second kappa shape index (κ2) is 9.65. The molecule has 214 valence electrons. The molecule has 7 rings (SSSR count). The van der Waals surface area contributed by atoms with E-state index in [0.717, 1.165) is 51.6 Å². The van der Waals surface area contributed by atoms with Crippen LogP contribution in [0.1, 0.15) is 73.1 Å². The number of carbonyl (C=O) groups is 1. The molecule has 3 atom stereocenters. The molecule has 0 bridgehead atoms. The van der Waals surface area contributed by atoms with Crippen molar-refractivity contribution in [2.75, 3.05) is 16.8 Å². The van der Waals surface area contributed by atoms with Crippen molar-refractivity contribution in [3.8, 4) is 11.5 Å². The Morgan fingerprint density at radius 2 is 1.64 bits per heavy atom. The van der Waals surface area contributed by atoms with Gasteiger partial charge in [0.1, 0.15) is 11.5 Å². The Bertz CT molecular complexity index is 1700. The number of fused-ring (bicyclic) bond motifs is 6. The number of nitrogens with zero attached hydrogens (tertiary/aromatic N) is 1. The SMILES string of the molecule is CCCC1CN(c2ccc3c(c2)Oc2cc(C)c(Nc4ccccc4)cc2C32OC(=O)c3ccccc32)C(C)C1(C)C. The van der Waals surface area contributed by atoms with E-state index in [1.54, 1.807) is 0 Å². The van der Waals surface area contributed by atoms with Crippen molar-refractivity contribution in [3.63, 3.8) is 0 Å². The molecule has 1 fully saturated rings. The number of para-hydroxylation sites is 1. The van der Waals surface area contributed by atoms with Gasteiger partial charge in [-0.25, -0.2) is 4.79 Å². The smallest absolute Gasteiger partial charge is 0.340 e. The highest BCUT2D eigenvalue weighted by Crippen LogP contribution is 2.58. The van der Waals surface area contributed by atoms with Crippen LogP contribution in [0.3, 0.4) is 0 Å². The Morgan fingerprint density at radius 1 is 0.905 bits per heavy atom. The number of hydrogen-bond donors (Lipinski definition) is 1. The number of rotatable bonds is 5. The van der Waals surface area contributed by atoms with Gasteiger partial charge in [-0.2, -0.15) is 0 Å². The van der Waals surface area contributed by atoms with Crippen molar-refractivity contribution in [2.24, 2.45) is 11.3 Å². The highest BCUT2D eigenvalue weighted by molar-refractivity contribution is 5.97. The number of esters is 1. The van der Waals surface area contributed by atoms with E-state index in [1.807, 2.05) is 54.6 Å². The predicted octanol–water partition coefficient (Wildman–Crippen LogP) is 8.96. The minimum absolute atomic E-state index is 0.208. The van der Waals surface area contributed by atoms with Gasteiger partial charge in [0.2, 0.25) is 0 Å². The summed E-state index contributed by atoms with van der Waals surface area (Å²) in [6, 6.07) is 28.8. The second-order valence-corrected chi connectivity index (χ2v) is 12.7. The molecule has 5 heteroatoms. The van der Waals surface area contributed by atoms with E-state index in [-0.39, 0.29) is 11.4 Å². The first kappa shape index (κ1) is 26.6. The van der Waals surface area contributed by atoms with Crippen molar-refractivity contribution in [3.05, 3.63) is 113 Å². The average molecular weight is 559 g/mol. The van der Waals surface area contributed by atoms with Crippen molar-refractivity contribution in [1.82, 2.24) is 0 Å². The van der Waals surface area contributed by atoms with Crippen LogP contribution in [0.2, 0.25) is 0 Å². The molecule has 1 N–H and O–H groups in total. The van der Waals surface area contributed by atoms with Crippen LogP contribution in [0.4, 0.5) is 17.1 Å². The molecule has 0 radical (unpaired) electrons. The molecule has 0 saturated carbocycles. The zero-order valence-electron chi connectivity index (χ0n) is 25.0. The van der Waals surface area contributed by atoms with Crippen LogP contribution >= 0.6 is 0 Å². The van der Waals surface area contributed by atoms with E-state index < -0.39 is 5.60 Å². The molecule has 3 unspecified atom stereocenters. The van der Waals surface area contributed by atoms with Crippen molar-refractivity contribution < 1.29 is 14.3 Å². The van der Waals surface area contributed by atoms with Gasteiger partial charge >= 0.3 is 5.97 Å². The van der Waals surface area contributed by atoms with Gasteiger partial charge in [0.15, 0.2) is 5.60 Å². The molecule has 0 amide bonds. The van der Waals surface area contributed by atoms with Gasteiger partial charge in [-0.3, -0.25) is 0 Å². The van der Waals surface area contributed by atoms with E-state index in [0.29, 0.717) is 23.3 Å². The Hall–Kier alpha value is -4.25. The lowest BCUT2D eigenvalue weighted by Gasteiger charge is -2.38. The van der Waals surface area contributed by atoms with Gasteiger partial charge in [-0.05, 0) is 79.6 Å². The van der Waals surface area contributed by atoms with Gasteiger partial charge < -0.3 is 19.7 Å². The van der Waals surface area contributed by atoms with Crippen LogP contribution in [0.25, 0.3) is 0 Å². The molecule has 0 aromatic heterocycles. The molecule has 4 aromatic carbocycles. The van der Waals surface area contributed by atoms with Crippen LogP contribution in [0, 0.1) is 18.3 Å². The van der Waals surface area contributed by atoms with Gasteiger partial charge in [-0.1, -0.05) is 63.6 Å². The molecule has 3 heterocycles. The van der Waals surface area contributed by atoms with E-state index in [1.165, 1.54) is 12.8 Å². The number of carbonyl (C=O) groups excluding carboxylic acids is 1. The standard InChI is InChI=1S/C37H38N2O3/c1-6-12-25-22-39(24(3)36(25,4)5)27-17-18-30-34(20-27)41-33-19-23(2)32(38-26-13-8-7-9-14-26)21-31(33)37(30)29-16-11-10-15-28(29)35(40)42-37/h7-11,13-21,24-25,38H,6,12,22H2,1-5H3. The summed E-state index contributed by atoms with van der Waals surface area (Å²) in [7, 11) is 0. The van der Waals surface area contributed by atoms with Crippen LogP contribution in [-0.4, -0.2) is 18.6 Å². The third-order valence-electron chi connectivity index (χ3n) is 10.1. The summed E-state index contributed by atoms with van der Waals surface area (Å²) in [5.41, 5.74) is 6.34. The van der Waals surface area contributed by atoms with Gasteiger partial charge in [0, 0.05) is 52.4 Å². The summed E-state index contributed by atoms with van der Waals surface area (Å²) < 4.78 is 13.2. The fraction of sp³-hybridized carbons (Fsp3) is 0.324. The Kier molecular flexibility index (Phi) is 6.12. The molecule has 0 aliphatic carbocycles. The second-order valence-electron chi connectivity index (χ2n) is 12.7. The van der Waals surface area contributed by atoms with Crippen LogP contribution in [-0.2, 0) is 10.3 Å². The number of ether oxygens (including phenoxy) is 2. The zero-order chi connectivity index (χ0) is 29.2. The number of nitrogens with one attached hydrogen (secondary N) is 1. The number of benzene rings is 4. The van der Waals surface area contributed by atoms with Gasteiger partial charge in [0.05, 0.1) is 5.56 Å². The van der Waals surface area contributed by atoms with Crippen molar-refractivity contribution in [2.45, 2.75) is 59.1 Å². The topological polar surface area (TPSA) is 50.8 Å². The molecule has 3 aliphatic rings. The number of hydrogen-bond acceptors (Lipinski definition) is 5. The maximum atomic E-state index is 13.4. The summed E-state index contributed by atoms with van der Waals surface area (Å²) in [5, 5.41) is 3.56. The quantitative estimate of drug-likeness (QED) is 0.248. The first-order valence-electron chi connectivity index (χ1n) is 15.1. The van der Waals surface area contributed by atoms with Crippen LogP contribution in [0.15, 0.2) is 84.9 Å². The molecule has 3 aliphatic heterocycles. The fourth-order valence-electron chi connectivity index (χ4n) is 7.31. The minimum Gasteiger partial charge on any atom is -0.456 e. The highest BCUT2D eigenvalue weighted by atomic mass is 16.6. The summed E-state index contributed by atoms with van der Waals surface area (Å²) in [6.07, 6.45) is 2.41. The zero-order valence-corrected chi connectivity index (χ0v) is 25.0. The lowest BCUT2D eigenvalue weighted by molar-refractivity contribution is 0.0224. The molecular formula is C37H38N2O3. The monoisotopic (exact) mass is 558 g/mol. The minimum atomic E-state index is -1.10. The summed E-state index contributed by atoms with van der Waals surface area (Å²) in [5.74, 6) is 1.75. The Morgan fingerprint density at radius 3 is 2.43 bits per heavy atom. The van der Waals surface area contributed by atoms with Crippen LogP contribution < -0.4 is 15.0 Å². The first-order chi connectivity index (χ1) is 20.2. The average Bonchev–Trinajstić information content (AvgIpc) is 3.40. The molecular weight excluding hydrogens is 520 g/mol.